The molecule has 1 heterocycles. The average molecular weight is 221 g/mol. The Labute approximate surface area is 94.3 Å². The van der Waals surface area contributed by atoms with Crippen LogP contribution in [0, 0.1) is 13.8 Å². The lowest BCUT2D eigenvalue weighted by molar-refractivity contribution is -0.115. The van der Waals surface area contributed by atoms with Crippen molar-refractivity contribution >= 4 is 23.2 Å². The van der Waals surface area contributed by atoms with Crippen molar-refractivity contribution in [2.24, 2.45) is 0 Å². The highest BCUT2D eigenvalue weighted by Crippen LogP contribution is 2.21. The molecule has 0 atom stereocenters. The third-order valence-corrected chi connectivity index (χ3v) is 2.03. The molecule has 0 radical (unpaired) electrons. The van der Waals surface area contributed by atoms with Crippen molar-refractivity contribution in [1.82, 2.24) is 4.98 Å². The summed E-state index contributed by atoms with van der Waals surface area (Å²) in [7, 11) is 0. The van der Waals surface area contributed by atoms with Crippen LogP contribution in [-0.4, -0.2) is 16.8 Å². The first kappa shape index (κ1) is 12.2. The first-order valence-electron chi connectivity index (χ1n) is 4.93. The number of hydrogen-bond acceptors (Lipinski definition) is 3. The second-order valence-electron chi connectivity index (χ2n) is 3.62. The van der Waals surface area contributed by atoms with Gasteiger partial charge in [0.05, 0.1) is 22.8 Å². The lowest BCUT2D eigenvalue weighted by Crippen LogP contribution is -2.12. The van der Waals surface area contributed by atoms with Gasteiger partial charge < -0.3 is 10.6 Å². The number of hydrogen-bond donors (Lipinski definition) is 2. The molecule has 1 aromatic rings. The van der Waals surface area contributed by atoms with Crippen molar-refractivity contribution in [3.8, 4) is 0 Å². The van der Waals surface area contributed by atoms with Crippen molar-refractivity contribution in [2.45, 2.75) is 27.7 Å². The Bertz CT molecular complexity index is 404. The van der Waals surface area contributed by atoms with E-state index in [2.05, 4.69) is 15.6 Å². The van der Waals surface area contributed by atoms with E-state index in [4.69, 9.17) is 0 Å². The van der Waals surface area contributed by atoms with Crippen molar-refractivity contribution in [2.75, 3.05) is 10.6 Å². The first-order valence-corrected chi connectivity index (χ1v) is 4.93. The molecule has 0 saturated carbocycles. The topological polar surface area (TPSA) is 71.1 Å². The number of nitrogens with zero attached hydrogens (tertiary/aromatic N) is 1. The van der Waals surface area contributed by atoms with E-state index in [1.165, 1.54) is 13.8 Å². The highest BCUT2D eigenvalue weighted by Gasteiger charge is 2.08. The van der Waals surface area contributed by atoms with E-state index in [-0.39, 0.29) is 11.8 Å². The zero-order valence-corrected chi connectivity index (χ0v) is 9.84. The second kappa shape index (κ2) is 4.74. The highest BCUT2D eigenvalue weighted by molar-refractivity contribution is 5.93. The predicted octanol–water partition coefficient (Wildman–Crippen LogP) is 1.62. The number of rotatable bonds is 2. The third-order valence-electron chi connectivity index (χ3n) is 2.03. The fourth-order valence-electron chi connectivity index (χ4n) is 1.36. The monoisotopic (exact) mass is 221 g/mol. The Hall–Kier alpha value is -1.91. The molecule has 2 amide bonds. The van der Waals surface area contributed by atoms with Crippen molar-refractivity contribution in [1.29, 1.82) is 0 Å². The quantitative estimate of drug-likeness (QED) is 0.797. The largest absolute Gasteiger partial charge is 0.325 e. The van der Waals surface area contributed by atoms with Gasteiger partial charge in [-0.15, -0.1) is 0 Å². The molecule has 5 nitrogen and oxygen atoms in total. The smallest absolute Gasteiger partial charge is 0.221 e. The molecule has 1 rings (SSSR count). The molecule has 0 unspecified atom stereocenters. The lowest BCUT2D eigenvalue weighted by atomic mass is 10.2. The van der Waals surface area contributed by atoms with Gasteiger partial charge in [-0.1, -0.05) is 0 Å². The fraction of sp³-hybridized carbons (Fsp3) is 0.364. The summed E-state index contributed by atoms with van der Waals surface area (Å²) in [5.41, 5.74) is 2.67. The van der Waals surface area contributed by atoms with Crippen molar-refractivity contribution in [3.63, 3.8) is 0 Å². The van der Waals surface area contributed by atoms with Gasteiger partial charge in [-0.2, -0.15) is 0 Å². The third kappa shape index (κ3) is 3.05. The Balaban J connectivity index is 3.10. The standard InChI is InChI=1S/C11H15N3O2/c1-6-10(13-8(3)15)5-11(7(2)12-6)14-9(4)16/h5H,1-4H3,(H,13,15)(H,14,16). The molecule has 2 N–H and O–H groups in total. The van der Waals surface area contributed by atoms with Gasteiger partial charge in [0.2, 0.25) is 11.8 Å². The van der Waals surface area contributed by atoms with Gasteiger partial charge in [0, 0.05) is 13.8 Å². The molecule has 0 bridgehead atoms. The summed E-state index contributed by atoms with van der Waals surface area (Å²) in [4.78, 5) is 26.2. The van der Waals surface area contributed by atoms with Crippen molar-refractivity contribution in [3.05, 3.63) is 17.5 Å². The Morgan fingerprint density at radius 3 is 1.69 bits per heavy atom. The Kier molecular flexibility index (Phi) is 3.60. The molecule has 1 aromatic heterocycles. The maximum atomic E-state index is 11.0. The fourth-order valence-corrected chi connectivity index (χ4v) is 1.36. The maximum Gasteiger partial charge on any atom is 0.221 e. The molecular weight excluding hydrogens is 206 g/mol. The number of carbonyl (C=O) groups is 2. The van der Waals surface area contributed by atoms with E-state index in [1.54, 1.807) is 19.9 Å². The van der Waals surface area contributed by atoms with Gasteiger partial charge in [-0.05, 0) is 19.9 Å². The summed E-state index contributed by atoms with van der Waals surface area (Å²) >= 11 is 0. The zero-order chi connectivity index (χ0) is 12.3. The van der Waals surface area contributed by atoms with Crippen LogP contribution in [0.4, 0.5) is 11.4 Å². The van der Waals surface area contributed by atoms with Crippen LogP contribution < -0.4 is 10.6 Å². The lowest BCUT2D eigenvalue weighted by Gasteiger charge is -2.11. The minimum Gasteiger partial charge on any atom is -0.325 e. The summed E-state index contributed by atoms with van der Waals surface area (Å²) in [6.07, 6.45) is 0. The number of nitrogens with one attached hydrogen (secondary N) is 2. The van der Waals surface area contributed by atoms with E-state index in [9.17, 15) is 9.59 Å². The highest BCUT2D eigenvalue weighted by atomic mass is 16.2. The summed E-state index contributed by atoms with van der Waals surface area (Å²) in [5, 5.41) is 5.32. The minimum absolute atomic E-state index is 0.164. The number of anilines is 2. The minimum atomic E-state index is -0.164. The van der Waals surface area contributed by atoms with Crippen LogP contribution in [0.1, 0.15) is 25.2 Å². The molecule has 16 heavy (non-hydrogen) atoms. The second-order valence-corrected chi connectivity index (χ2v) is 3.62. The Morgan fingerprint density at radius 2 is 1.38 bits per heavy atom. The molecule has 0 aliphatic rings. The van der Waals surface area contributed by atoms with Crippen LogP contribution in [0.2, 0.25) is 0 Å². The summed E-state index contributed by atoms with van der Waals surface area (Å²) in [6, 6.07) is 1.71. The van der Waals surface area contributed by atoms with Gasteiger partial charge >= 0.3 is 0 Å². The van der Waals surface area contributed by atoms with Gasteiger partial charge in [0.15, 0.2) is 0 Å². The van der Waals surface area contributed by atoms with Gasteiger partial charge in [0.1, 0.15) is 0 Å². The summed E-state index contributed by atoms with van der Waals surface area (Å²) in [5.74, 6) is -0.329. The molecular formula is C11H15N3O2. The predicted molar refractivity (Wildman–Crippen MR) is 62.3 cm³/mol. The molecule has 5 heteroatoms. The van der Waals surface area contributed by atoms with Gasteiger partial charge in [-0.25, -0.2) is 0 Å². The van der Waals surface area contributed by atoms with E-state index in [0.717, 1.165) is 11.4 Å². The summed E-state index contributed by atoms with van der Waals surface area (Å²) < 4.78 is 0. The van der Waals surface area contributed by atoms with Crippen LogP contribution in [0.5, 0.6) is 0 Å². The summed E-state index contributed by atoms with van der Waals surface area (Å²) in [6.45, 7) is 6.46. The zero-order valence-electron chi connectivity index (χ0n) is 9.84. The van der Waals surface area contributed by atoms with E-state index >= 15 is 0 Å². The molecule has 0 saturated heterocycles. The number of amides is 2. The molecule has 0 fully saturated rings. The number of aryl methyl sites for hydroxylation is 2. The van der Waals surface area contributed by atoms with E-state index in [1.807, 2.05) is 0 Å². The normalized spacial score (nSPS) is 9.75. The van der Waals surface area contributed by atoms with Crippen LogP contribution >= 0.6 is 0 Å². The molecule has 0 aliphatic carbocycles. The number of carbonyl (C=O) groups excluding carboxylic acids is 2. The van der Waals surface area contributed by atoms with Gasteiger partial charge in [-0.3, -0.25) is 14.6 Å². The van der Waals surface area contributed by atoms with Crippen LogP contribution in [0.15, 0.2) is 6.07 Å². The molecule has 0 aromatic carbocycles. The molecule has 86 valence electrons. The Morgan fingerprint density at radius 1 is 1.00 bits per heavy atom. The molecule has 0 spiro atoms. The average Bonchev–Trinajstić information content (AvgIpc) is 2.11. The van der Waals surface area contributed by atoms with Crippen LogP contribution in [0.25, 0.3) is 0 Å². The SMILES string of the molecule is CC(=O)Nc1cc(NC(C)=O)c(C)nc1C. The van der Waals surface area contributed by atoms with Crippen LogP contribution in [0.3, 0.4) is 0 Å². The first-order chi connectivity index (χ1) is 7.40. The van der Waals surface area contributed by atoms with E-state index < -0.39 is 0 Å². The maximum absolute atomic E-state index is 11.0. The number of pyridine rings is 1. The number of aromatic nitrogens is 1. The van der Waals surface area contributed by atoms with Crippen LogP contribution in [-0.2, 0) is 9.59 Å². The van der Waals surface area contributed by atoms with Gasteiger partial charge in [0.25, 0.3) is 0 Å². The molecule has 0 aliphatic heterocycles. The van der Waals surface area contributed by atoms with E-state index in [0.29, 0.717) is 11.4 Å². The van der Waals surface area contributed by atoms with Crippen molar-refractivity contribution < 1.29 is 9.59 Å².